The molecule has 0 unspecified atom stereocenters. The smallest absolute Gasteiger partial charge is 0.321 e. The SMILES string of the molecule is CC(C)c1ccc(NC(=O)N2CCC3(CC2)SCCN3C(=O)c2cccc([N+](=O)[O-])c2)cc1. The first-order valence-corrected chi connectivity index (χ1v) is 12.1. The van der Waals surface area contributed by atoms with E-state index in [9.17, 15) is 19.7 Å². The van der Waals surface area contributed by atoms with Crippen LogP contribution in [0.5, 0.6) is 0 Å². The molecule has 0 saturated carbocycles. The first-order chi connectivity index (χ1) is 15.8. The van der Waals surface area contributed by atoms with Crippen LogP contribution in [0.3, 0.4) is 0 Å². The van der Waals surface area contributed by atoms with Gasteiger partial charge in [-0.1, -0.05) is 32.0 Å². The fourth-order valence-corrected chi connectivity index (χ4v) is 5.89. The number of carbonyl (C=O) groups excluding carboxylic acids is 2. The summed E-state index contributed by atoms with van der Waals surface area (Å²) in [6.07, 6.45) is 1.33. The molecule has 3 amide bonds. The lowest BCUT2D eigenvalue weighted by molar-refractivity contribution is -0.384. The maximum absolute atomic E-state index is 13.2. The number of rotatable bonds is 4. The normalized spacial score (nSPS) is 17.4. The zero-order valence-electron chi connectivity index (χ0n) is 18.8. The summed E-state index contributed by atoms with van der Waals surface area (Å²) in [5.41, 5.74) is 2.23. The van der Waals surface area contributed by atoms with Gasteiger partial charge in [0.2, 0.25) is 0 Å². The van der Waals surface area contributed by atoms with Crippen LogP contribution in [0.1, 0.15) is 48.5 Å². The molecule has 1 spiro atoms. The van der Waals surface area contributed by atoms with Gasteiger partial charge in [-0.25, -0.2) is 4.79 Å². The molecule has 0 aromatic heterocycles. The van der Waals surface area contributed by atoms with Crippen LogP contribution >= 0.6 is 11.8 Å². The van der Waals surface area contributed by atoms with Crippen molar-refractivity contribution in [2.45, 2.75) is 37.5 Å². The average Bonchev–Trinajstić information content (AvgIpc) is 3.22. The van der Waals surface area contributed by atoms with E-state index in [4.69, 9.17) is 0 Å². The molecular formula is C24H28N4O4S. The fraction of sp³-hybridized carbons (Fsp3) is 0.417. The lowest BCUT2D eigenvalue weighted by Gasteiger charge is -2.44. The Balaban J connectivity index is 1.40. The predicted molar refractivity (Wildman–Crippen MR) is 130 cm³/mol. The Labute approximate surface area is 197 Å². The number of piperidine rings is 1. The van der Waals surface area contributed by atoms with Crippen LogP contribution in [0.15, 0.2) is 48.5 Å². The Morgan fingerprint density at radius 2 is 1.79 bits per heavy atom. The van der Waals surface area contributed by atoms with Gasteiger partial charge < -0.3 is 15.1 Å². The monoisotopic (exact) mass is 468 g/mol. The quantitative estimate of drug-likeness (QED) is 0.507. The van der Waals surface area contributed by atoms with E-state index < -0.39 is 4.92 Å². The van der Waals surface area contributed by atoms with Crippen LogP contribution in [-0.4, -0.2) is 56.9 Å². The fourth-order valence-electron chi connectivity index (χ4n) is 4.43. The molecule has 2 aromatic rings. The summed E-state index contributed by atoms with van der Waals surface area (Å²) in [5.74, 6) is 1.06. The third-order valence-electron chi connectivity index (χ3n) is 6.39. The summed E-state index contributed by atoms with van der Waals surface area (Å²) in [6.45, 7) is 5.94. The van der Waals surface area contributed by atoms with Crippen molar-refractivity contribution in [2.24, 2.45) is 0 Å². The van der Waals surface area contributed by atoms with Crippen LogP contribution in [-0.2, 0) is 0 Å². The number of anilines is 1. The average molecular weight is 469 g/mol. The van der Waals surface area contributed by atoms with E-state index in [0.29, 0.717) is 44.0 Å². The number of nitro groups is 1. The van der Waals surface area contributed by atoms with Crippen molar-refractivity contribution in [1.29, 1.82) is 0 Å². The summed E-state index contributed by atoms with van der Waals surface area (Å²) in [7, 11) is 0. The van der Waals surface area contributed by atoms with Crippen LogP contribution in [0.4, 0.5) is 16.2 Å². The first kappa shape index (κ1) is 23.1. The van der Waals surface area contributed by atoms with Crippen LogP contribution in [0.2, 0.25) is 0 Å². The van der Waals surface area contributed by atoms with Crippen molar-refractivity contribution < 1.29 is 14.5 Å². The van der Waals surface area contributed by atoms with E-state index in [2.05, 4.69) is 19.2 Å². The van der Waals surface area contributed by atoms with Gasteiger partial charge in [0.15, 0.2) is 0 Å². The zero-order valence-corrected chi connectivity index (χ0v) is 19.6. The second-order valence-electron chi connectivity index (χ2n) is 8.75. The molecule has 2 aliphatic heterocycles. The van der Waals surface area contributed by atoms with Gasteiger partial charge in [-0.2, -0.15) is 0 Å². The number of amides is 3. The van der Waals surface area contributed by atoms with Gasteiger partial charge in [-0.05, 0) is 42.5 Å². The standard InChI is InChI=1S/C24H28N4O4S/c1-17(2)18-6-8-20(9-7-18)25-23(30)26-12-10-24(11-13-26)27(14-15-33-24)22(29)19-4-3-5-21(16-19)28(31)32/h3-9,16-17H,10-15H2,1-2H3,(H,25,30). The Morgan fingerprint density at radius 1 is 1.09 bits per heavy atom. The number of nitro benzene ring substituents is 1. The molecule has 0 bridgehead atoms. The molecule has 2 aliphatic rings. The Hall–Kier alpha value is -3.07. The van der Waals surface area contributed by atoms with Crippen molar-refractivity contribution >= 4 is 35.1 Å². The van der Waals surface area contributed by atoms with E-state index in [1.807, 2.05) is 29.2 Å². The van der Waals surface area contributed by atoms with Crippen molar-refractivity contribution in [1.82, 2.24) is 9.80 Å². The molecule has 0 atom stereocenters. The summed E-state index contributed by atoms with van der Waals surface area (Å²) in [4.78, 5) is 39.9. The van der Waals surface area contributed by atoms with Gasteiger partial charge in [0.05, 0.1) is 9.79 Å². The molecule has 1 N–H and O–H groups in total. The number of benzene rings is 2. The van der Waals surface area contributed by atoms with Gasteiger partial charge in [0, 0.05) is 48.8 Å². The highest BCUT2D eigenvalue weighted by molar-refractivity contribution is 8.00. The minimum atomic E-state index is -0.487. The number of likely N-dealkylation sites (tertiary alicyclic amines) is 1. The molecule has 9 heteroatoms. The van der Waals surface area contributed by atoms with Crippen LogP contribution in [0.25, 0.3) is 0 Å². The maximum Gasteiger partial charge on any atom is 0.321 e. The van der Waals surface area contributed by atoms with Crippen molar-refractivity contribution in [3.63, 3.8) is 0 Å². The van der Waals surface area contributed by atoms with Crippen molar-refractivity contribution in [3.8, 4) is 0 Å². The third-order valence-corrected chi connectivity index (χ3v) is 7.94. The van der Waals surface area contributed by atoms with E-state index in [1.165, 1.54) is 17.7 Å². The highest BCUT2D eigenvalue weighted by Gasteiger charge is 2.47. The molecule has 2 fully saturated rings. The summed E-state index contributed by atoms with van der Waals surface area (Å²) in [6, 6.07) is 13.7. The van der Waals surface area contributed by atoms with E-state index in [1.54, 1.807) is 28.8 Å². The minimum absolute atomic E-state index is 0.0883. The van der Waals surface area contributed by atoms with Gasteiger partial charge in [0.1, 0.15) is 0 Å². The largest absolute Gasteiger partial charge is 0.324 e. The van der Waals surface area contributed by atoms with Gasteiger partial charge in [-0.15, -0.1) is 11.8 Å². The number of nitrogens with zero attached hydrogens (tertiary/aromatic N) is 3. The second-order valence-corrected chi connectivity index (χ2v) is 10.2. The molecule has 33 heavy (non-hydrogen) atoms. The number of hydrogen-bond donors (Lipinski definition) is 1. The van der Waals surface area contributed by atoms with Crippen LogP contribution in [0, 0.1) is 10.1 Å². The molecule has 0 radical (unpaired) electrons. The van der Waals surface area contributed by atoms with E-state index >= 15 is 0 Å². The van der Waals surface area contributed by atoms with Crippen LogP contribution < -0.4 is 5.32 Å². The minimum Gasteiger partial charge on any atom is -0.324 e. The number of carbonyl (C=O) groups is 2. The molecule has 0 aliphatic carbocycles. The van der Waals surface area contributed by atoms with E-state index in [-0.39, 0.29) is 22.5 Å². The zero-order chi connectivity index (χ0) is 23.6. The molecule has 174 valence electrons. The topological polar surface area (TPSA) is 95.8 Å². The molecule has 2 saturated heterocycles. The highest BCUT2D eigenvalue weighted by atomic mass is 32.2. The predicted octanol–water partition coefficient (Wildman–Crippen LogP) is 4.93. The third kappa shape index (κ3) is 4.83. The van der Waals surface area contributed by atoms with E-state index in [0.717, 1.165) is 11.4 Å². The Morgan fingerprint density at radius 3 is 2.42 bits per heavy atom. The number of hydrogen-bond acceptors (Lipinski definition) is 5. The van der Waals surface area contributed by atoms with Crippen molar-refractivity contribution in [3.05, 3.63) is 69.8 Å². The van der Waals surface area contributed by atoms with Gasteiger partial charge >= 0.3 is 6.03 Å². The first-order valence-electron chi connectivity index (χ1n) is 11.2. The number of urea groups is 1. The lowest BCUT2D eigenvalue weighted by atomic mass is 10.0. The summed E-state index contributed by atoms with van der Waals surface area (Å²) < 4.78 is 0. The van der Waals surface area contributed by atoms with Gasteiger partial charge in [-0.3, -0.25) is 14.9 Å². The molecule has 8 nitrogen and oxygen atoms in total. The lowest BCUT2D eigenvalue weighted by Crippen LogP contribution is -2.54. The highest BCUT2D eigenvalue weighted by Crippen LogP contribution is 2.44. The maximum atomic E-state index is 13.2. The van der Waals surface area contributed by atoms with Crippen molar-refractivity contribution in [2.75, 3.05) is 30.7 Å². The van der Waals surface area contributed by atoms with Gasteiger partial charge in [0.25, 0.3) is 11.6 Å². The number of nitrogens with one attached hydrogen (secondary N) is 1. The number of non-ortho nitro benzene ring substituents is 1. The second kappa shape index (κ2) is 9.43. The molecule has 2 heterocycles. The number of thioether (sulfide) groups is 1. The Bertz CT molecular complexity index is 1050. The molecule has 2 aromatic carbocycles. The summed E-state index contributed by atoms with van der Waals surface area (Å²) in [5, 5.41) is 14.1. The Kier molecular flexibility index (Phi) is 6.60. The summed E-state index contributed by atoms with van der Waals surface area (Å²) >= 11 is 1.74. The molecule has 4 rings (SSSR count). The molecular weight excluding hydrogens is 440 g/mol.